The Bertz CT molecular complexity index is 920. The van der Waals surface area contributed by atoms with Gasteiger partial charge in [-0.3, -0.25) is 9.48 Å². The summed E-state index contributed by atoms with van der Waals surface area (Å²) in [6.45, 7) is 4.63. The average molecular weight is 396 g/mol. The molecule has 1 saturated carbocycles. The lowest BCUT2D eigenvalue weighted by Crippen LogP contribution is -2.46. The second-order valence-electron chi connectivity index (χ2n) is 8.38. The first-order valence-electron chi connectivity index (χ1n) is 10.5. The van der Waals surface area contributed by atoms with Crippen LogP contribution in [0.4, 0.5) is 0 Å². The van der Waals surface area contributed by atoms with Crippen LogP contribution in [0, 0.1) is 19.8 Å². The maximum Gasteiger partial charge on any atom is 0.328 e. The Balaban J connectivity index is 1.60. The summed E-state index contributed by atoms with van der Waals surface area (Å²) in [5, 5.41) is 4.52. The quantitative estimate of drug-likeness (QED) is 0.744. The molecule has 2 aromatic rings. The minimum absolute atomic E-state index is 0.0648. The van der Waals surface area contributed by atoms with Crippen molar-refractivity contribution in [2.75, 3.05) is 7.11 Å². The van der Waals surface area contributed by atoms with Gasteiger partial charge >= 0.3 is 5.97 Å². The van der Waals surface area contributed by atoms with Gasteiger partial charge in [-0.2, -0.15) is 5.10 Å². The molecule has 0 radical (unpaired) electrons. The second-order valence-corrected chi connectivity index (χ2v) is 8.38. The van der Waals surface area contributed by atoms with Gasteiger partial charge in [0.05, 0.1) is 19.3 Å². The molecule has 2 heterocycles. The summed E-state index contributed by atoms with van der Waals surface area (Å²) in [7, 11) is 1.40. The third kappa shape index (κ3) is 3.80. The van der Waals surface area contributed by atoms with Crippen LogP contribution in [0.3, 0.4) is 0 Å². The predicted molar refractivity (Wildman–Crippen MR) is 110 cm³/mol. The molecule has 2 aliphatic rings. The normalized spacial score (nSPS) is 23.7. The Kier molecular flexibility index (Phi) is 5.43. The predicted octanol–water partition coefficient (Wildman–Crippen LogP) is 3.49. The highest BCUT2D eigenvalue weighted by Gasteiger charge is 2.48. The molecular weight excluding hydrogens is 366 g/mol. The molecule has 154 valence electrons. The molecule has 4 rings (SSSR count). The first kappa shape index (κ1) is 19.7. The van der Waals surface area contributed by atoms with Gasteiger partial charge in [0.2, 0.25) is 0 Å². The van der Waals surface area contributed by atoms with Crippen molar-refractivity contribution < 1.29 is 14.3 Å². The summed E-state index contributed by atoms with van der Waals surface area (Å²) in [6.07, 6.45) is 5.05. The monoisotopic (exact) mass is 395 g/mol. The van der Waals surface area contributed by atoms with Crippen LogP contribution in [0.1, 0.15) is 59.4 Å². The van der Waals surface area contributed by atoms with E-state index in [4.69, 9.17) is 4.74 Å². The molecule has 1 amide bonds. The van der Waals surface area contributed by atoms with Crippen LogP contribution in [0.25, 0.3) is 0 Å². The number of amides is 1. The number of nitrogens with zero attached hydrogens (tertiary/aromatic N) is 3. The van der Waals surface area contributed by atoms with Gasteiger partial charge in [0, 0.05) is 17.3 Å². The van der Waals surface area contributed by atoms with E-state index < -0.39 is 6.04 Å². The lowest BCUT2D eigenvalue weighted by Gasteiger charge is -2.33. The number of benzene rings is 1. The lowest BCUT2D eigenvalue weighted by atomic mass is 9.84. The molecule has 6 heteroatoms. The molecule has 3 unspecified atom stereocenters. The number of aromatic nitrogens is 2. The number of hydrogen-bond acceptors (Lipinski definition) is 4. The maximum absolute atomic E-state index is 13.5. The number of aryl methyl sites for hydroxylation is 2. The fraction of sp³-hybridized carbons (Fsp3) is 0.522. The molecule has 0 spiro atoms. The van der Waals surface area contributed by atoms with Crippen LogP contribution in [0.5, 0.6) is 0 Å². The Morgan fingerprint density at radius 1 is 1.17 bits per heavy atom. The minimum atomic E-state index is -0.472. The molecule has 1 aliphatic heterocycles. The van der Waals surface area contributed by atoms with E-state index in [1.165, 1.54) is 13.5 Å². The van der Waals surface area contributed by atoms with E-state index in [1.807, 2.05) is 53.8 Å². The van der Waals surface area contributed by atoms with Crippen molar-refractivity contribution in [3.05, 3.63) is 52.8 Å². The van der Waals surface area contributed by atoms with Crippen LogP contribution >= 0.6 is 0 Å². The smallest absolute Gasteiger partial charge is 0.328 e. The largest absolute Gasteiger partial charge is 0.467 e. The Morgan fingerprint density at radius 2 is 1.97 bits per heavy atom. The van der Waals surface area contributed by atoms with E-state index in [9.17, 15) is 9.59 Å². The van der Waals surface area contributed by atoms with Crippen molar-refractivity contribution in [3.63, 3.8) is 0 Å². The van der Waals surface area contributed by atoms with Crippen molar-refractivity contribution in [2.45, 2.75) is 64.6 Å². The SMILES string of the molecule is COC(=O)C1CC2CCCCC2N1C(=O)c1cccc(Cn2nc(C)cc2C)c1. The van der Waals surface area contributed by atoms with E-state index in [-0.39, 0.29) is 17.9 Å². The molecule has 2 fully saturated rings. The molecule has 1 aromatic carbocycles. The van der Waals surface area contributed by atoms with Gasteiger partial charge in [0.1, 0.15) is 6.04 Å². The Hall–Kier alpha value is -2.63. The molecule has 0 bridgehead atoms. The number of carbonyl (C=O) groups is 2. The molecule has 3 atom stereocenters. The lowest BCUT2D eigenvalue weighted by molar-refractivity contribution is -0.145. The highest BCUT2D eigenvalue weighted by molar-refractivity contribution is 5.97. The third-order valence-electron chi connectivity index (χ3n) is 6.41. The molecular formula is C23H29N3O3. The average Bonchev–Trinajstić information content (AvgIpc) is 3.26. The zero-order valence-corrected chi connectivity index (χ0v) is 17.4. The van der Waals surface area contributed by atoms with Crippen LogP contribution in [0.2, 0.25) is 0 Å². The van der Waals surface area contributed by atoms with Crippen LogP contribution in [-0.2, 0) is 16.1 Å². The summed E-state index contributed by atoms with van der Waals surface area (Å²) in [5.41, 5.74) is 3.73. The van der Waals surface area contributed by atoms with Crippen molar-refractivity contribution in [3.8, 4) is 0 Å². The van der Waals surface area contributed by atoms with Crippen LogP contribution in [-0.4, -0.2) is 45.8 Å². The number of hydrogen-bond donors (Lipinski definition) is 0. The van der Waals surface area contributed by atoms with E-state index in [1.54, 1.807) is 0 Å². The molecule has 29 heavy (non-hydrogen) atoms. The van der Waals surface area contributed by atoms with E-state index in [0.717, 1.165) is 36.2 Å². The summed E-state index contributed by atoms with van der Waals surface area (Å²) in [5.74, 6) is 0.0336. The topological polar surface area (TPSA) is 64.4 Å². The molecule has 1 aromatic heterocycles. The van der Waals surface area contributed by atoms with Gasteiger partial charge in [-0.05, 0) is 62.8 Å². The van der Waals surface area contributed by atoms with Gasteiger partial charge in [0.25, 0.3) is 5.91 Å². The van der Waals surface area contributed by atoms with Gasteiger partial charge in [-0.15, -0.1) is 0 Å². The minimum Gasteiger partial charge on any atom is -0.467 e. The fourth-order valence-electron chi connectivity index (χ4n) is 5.06. The number of fused-ring (bicyclic) bond motifs is 1. The Labute approximate surface area is 171 Å². The summed E-state index contributed by atoms with van der Waals surface area (Å²) in [6, 6.07) is 9.42. The molecule has 6 nitrogen and oxygen atoms in total. The zero-order valence-electron chi connectivity index (χ0n) is 17.4. The summed E-state index contributed by atoms with van der Waals surface area (Å²) < 4.78 is 6.98. The zero-order chi connectivity index (χ0) is 20.5. The van der Waals surface area contributed by atoms with Gasteiger partial charge in [0.15, 0.2) is 0 Å². The number of ether oxygens (including phenoxy) is 1. The Morgan fingerprint density at radius 3 is 2.69 bits per heavy atom. The number of likely N-dealkylation sites (tertiary alicyclic amines) is 1. The molecule has 1 saturated heterocycles. The van der Waals surface area contributed by atoms with Crippen LogP contribution < -0.4 is 0 Å². The number of esters is 1. The second kappa shape index (κ2) is 8.01. The summed E-state index contributed by atoms with van der Waals surface area (Å²) >= 11 is 0. The standard InChI is InChI=1S/C23H29N3O3/c1-15-11-16(2)25(24-15)14-17-7-6-9-19(12-17)22(27)26-20-10-5-4-8-18(20)13-21(26)23(28)29-3/h6-7,9,11-12,18,20-21H,4-5,8,10,13-14H2,1-3H3. The van der Waals surface area contributed by atoms with E-state index >= 15 is 0 Å². The fourth-order valence-corrected chi connectivity index (χ4v) is 5.06. The van der Waals surface area contributed by atoms with E-state index in [0.29, 0.717) is 24.4 Å². The van der Waals surface area contributed by atoms with Crippen molar-refractivity contribution in [1.29, 1.82) is 0 Å². The number of carbonyl (C=O) groups excluding carboxylic acids is 2. The number of methoxy groups -OCH3 is 1. The van der Waals surface area contributed by atoms with Crippen LogP contribution in [0.15, 0.2) is 30.3 Å². The van der Waals surface area contributed by atoms with Crippen molar-refractivity contribution in [2.24, 2.45) is 5.92 Å². The van der Waals surface area contributed by atoms with Gasteiger partial charge in [-0.25, -0.2) is 4.79 Å². The molecule has 0 N–H and O–H groups in total. The third-order valence-corrected chi connectivity index (χ3v) is 6.41. The van der Waals surface area contributed by atoms with Crippen molar-refractivity contribution >= 4 is 11.9 Å². The molecule has 1 aliphatic carbocycles. The highest BCUT2D eigenvalue weighted by Crippen LogP contribution is 2.40. The van der Waals surface area contributed by atoms with E-state index in [2.05, 4.69) is 5.10 Å². The van der Waals surface area contributed by atoms with Gasteiger partial charge in [-0.1, -0.05) is 25.0 Å². The number of rotatable bonds is 4. The van der Waals surface area contributed by atoms with Gasteiger partial charge < -0.3 is 9.64 Å². The first-order valence-corrected chi connectivity index (χ1v) is 10.5. The van der Waals surface area contributed by atoms with Crippen molar-refractivity contribution in [1.82, 2.24) is 14.7 Å². The highest BCUT2D eigenvalue weighted by atomic mass is 16.5. The maximum atomic E-state index is 13.5. The summed E-state index contributed by atoms with van der Waals surface area (Å²) in [4.78, 5) is 27.7. The first-order chi connectivity index (χ1) is 14.0.